The van der Waals surface area contributed by atoms with Gasteiger partial charge in [-0.25, -0.2) is 22.7 Å². The minimum absolute atomic E-state index is 0.0255. The molecular weight excluding hydrogens is 444 g/mol. The number of carbonyl (C=O) groups is 3. The average Bonchev–Trinajstić information content (AvgIpc) is 3.03. The van der Waals surface area contributed by atoms with E-state index in [-0.39, 0.29) is 22.6 Å². The fourth-order valence-electron chi connectivity index (χ4n) is 2.46. The first-order valence-electron chi connectivity index (χ1n) is 8.96. The summed E-state index contributed by atoms with van der Waals surface area (Å²) in [6, 6.07) is 5.07. The van der Waals surface area contributed by atoms with E-state index in [0.29, 0.717) is 10.6 Å². The third kappa shape index (κ3) is 6.00. The van der Waals surface area contributed by atoms with Gasteiger partial charge in [-0.3, -0.25) is 4.79 Å². The molecule has 0 aliphatic heterocycles. The van der Waals surface area contributed by atoms with Crippen molar-refractivity contribution in [2.24, 2.45) is 0 Å². The fourth-order valence-corrected chi connectivity index (χ4v) is 4.53. The van der Waals surface area contributed by atoms with Crippen LogP contribution in [0.1, 0.15) is 31.2 Å². The summed E-state index contributed by atoms with van der Waals surface area (Å²) in [6.45, 7) is 6.47. The minimum atomic E-state index is -3.71. The van der Waals surface area contributed by atoms with E-state index in [9.17, 15) is 22.8 Å². The van der Waals surface area contributed by atoms with Crippen molar-refractivity contribution in [1.29, 1.82) is 0 Å². The number of hydrogen-bond acceptors (Lipinski definition) is 8. The number of aryl methyl sites for hydroxylation is 1. The number of carbonyl (C=O) groups excluding carboxylic acids is 3. The van der Waals surface area contributed by atoms with Crippen molar-refractivity contribution < 1.29 is 32.3 Å². The summed E-state index contributed by atoms with van der Waals surface area (Å²) < 4.78 is 36.1. The lowest BCUT2D eigenvalue weighted by atomic mass is 10.1. The average molecular weight is 467 g/mol. The normalized spacial score (nSPS) is 10.9. The summed E-state index contributed by atoms with van der Waals surface area (Å²) in [6.07, 6.45) is 1.40. The van der Waals surface area contributed by atoms with Crippen LogP contribution in [0.3, 0.4) is 0 Å². The van der Waals surface area contributed by atoms with Gasteiger partial charge in [0.25, 0.3) is 5.91 Å². The van der Waals surface area contributed by atoms with Crippen LogP contribution in [0.15, 0.2) is 41.8 Å². The lowest BCUT2D eigenvalue weighted by molar-refractivity contribution is -0.119. The number of methoxy groups -OCH3 is 1. The standard InChI is InChI=1S/C20H22N2O7S2/c1-5-10-21-31(26,27)15-8-6-14(7-9-15)19(24)29-11-16(23)22-18-17(20(25)28-4)12(2)13(3)30-18/h5-9,21H,1,10-11H2,2-4H3,(H,22,23). The Morgan fingerprint density at radius 3 is 2.35 bits per heavy atom. The highest BCUT2D eigenvalue weighted by molar-refractivity contribution is 7.89. The molecule has 11 heteroatoms. The monoisotopic (exact) mass is 466 g/mol. The summed E-state index contributed by atoms with van der Waals surface area (Å²) in [4.78, 5) is 37.1. The van der Waals surface area contributed by atoms with Crippen LogP contribution in [0.5, 0.6) is 0 Å². The van der Waals surface area contributed by atoms with Gasteiger partial charge in [-0.1, -0.05) is 6.08 Å². The predicted molar refractivity (Wildman–Crippen MR) is 116 cm³/mol. The van der Waals surface area contributed by atoms with Gasteiger partial charge in [-0.15, -0.1) is 17.9 Å². The summed E-state index contributed by atoms with van der Waals surface area (Å²) in [5.41, 5.74) is 1.03. The molecule has 0 saturated heterocycles. The van der Waals surface area contributed by atoms with Crippen LogP contribution in [0.4, 0.5) is 5.00 Å². The first kappa shape index (κ1) is 24.3. The van der Waals surface area contributed by atoms with E-state index >= 15 is 0 Å². The molecule has 1 heterocycles. The lowest BCUT2D eigenvalue weighted by Crippen LogP contribution is -2.24. The van der Waals surface area contributed by atoms with Gasteiger partial charge in [0, 0.05) is 11.4 Å². The van der Waals surface area contributed by atoms with Crippen LogP contribution >= 0.6 is 11.3 Å². The Kier molecular flexibility index (Phi) is 8.08. The number of anilines is 1. The van der Waals surface area contributed by atoms with Crippen LogP contribution in [0, 0.1) is 13.8 Å². The number of sulfonamides is 1. The third-order valence-electron chi connectivity index (χ3n) is 4.18. The van der Waals surface area contributed by atoms with Gasteiger partial charge in [0.15, 0.2) is 6.61 Å². The van der Waals surface area contributed by atoms with E-state index in [4.69, 9.17) is 9.47 Å². The third-order valence-corrected chi connectivity index (χ3v) is 6.74. The largest absolute Gasteiger partial charge is 0.465 e. The van der Waals surface area contributed by atoms with Gasteiger partial charge in [0.1, 0.15) is 5.00 Å². The Bertz CT molecular complexity index is 1100. The second-order valence-electron chi connectivity index (χ2n) is 6.27. The van der Waals surface area contributed by atoms with Crippen molar-refractivity contribution in [3.8, 4) is 0 Å². The van der Waals surface area contributed by atoms with Crippen molar-refractivity contribution in [3.63, 3.8) is 0 Å². The van der Waals surface area contributed by atoms with Crippen molar-refractivity contribution >= 4 is 44.2 Å². The van der Waals surface area contributed by atoms with E-state index < -0.39 is 34.5 Å². The molecule has 0 unspecified atom stereocenters. The number of thiophene rings is 1. The first-order valence-corrected chi connectivity index (χ1v) is 11.3. The number of rotatable bonds is 9. The summed E-state index contributed by atoms with van der Waals surface area (Å²) >= 11 is 1.21. The maximum absolute atomic E-state index is 12.2. The highest BCUT2D eigenvalue weighted by Gasteiger charge is 2.22. The Morgan fingerprint density at radius 1 is 1.13 bits per heavy atom. The molecule has 0 radical (unpaired) electrons. The van der Waals surface area contributed by atoms with Crippen molar-refractivity contribution in [3.05, 3.63) is 58.5 Å². The van der Waals surface area contributed by atoms with Crippen LogP contribution < -0.4 is 10.0 Å². The number of amides is 1. The molecule has 166 valence electrons. The summed E-state index contributed by atoms with van der Waals surface area (Å²) in [5, 5.41) is 2.86. The molecule has 31 heavy (non-hydrogen) atoms. The van der Waals surface area contributed by atoms with Gasteiger partial charge in [0.05, 0.1) is 23.1 Å². The molecule has 1 amide bonds. The number of benzene rings is 1. The molecule has 0 saturated carbocycles. The number of esters is 2. The highest BCUT2D eigenvalue weighted by Crippen LogP contribution is 2.32. The highest BCUT2D eigenvalue weighted by atomic mass is 32.2. The maximum atomic E-state index is 12.2. The predicted octanol–water partition coefficient (Wildman–Crippen LogP) is 2.41. The number of nitrogens with one attached hydrogen (secondary N) is 2. The Labute approximate surface area is 184 Å². The molecule has 0 bridgehead atoms. The van der Waals surface area contributed by atoms with Gasteiger partial charge >= 0.3 is 11.9 Å². The smallest absolute Gasteiger partial charge is 0.341 e. The van der Waals surface area contributed by atoms with E-state index in [1.54, 1.807) is 13.8 Å². The second-order valence-corrected chi connectivity index (χ2v) is 9.26. The molecule has 2 N–H and O–H groups in total. The quantitative estimate of drug-likeness (QED) is 0.429. The van der Waals surface area contributed by atoms with Crippen molar-refractivity contribution in [2.75, 3.05) is 25.6 Å². The first-order chi connectivity index (χ1) is 14.6. The number of ether oxygens (including phenoxy) is 2. The van der Waals surface area contributed by atoms with Crippen molar-refractivity contribution in [2.45, 2.75) is 18.7 Å². The molecule has 0 spiro atoms. The molecule has 0 aliphatic rings. The zero-order chi connectivity index (χ0) is 23.2. The molecule has 0 aliphatic carbocycles. The number of hydrogen-bond donors (Lipinski definition) is 2. The molecule has 0 atom stereocenters. The van der Waals surface area contributed by atoms with Crippen molar-refractivity contribution in [1.82, 2.24) is 4.72 Å². The van der Waals surface area contributed by atoms with Crippen LogP contribution in [0.2, 0.25) is 0 Å². The Hall–Kier alpha value is -3.02. The molecular formula is C20H22N2O7S2. The van der Waals surface area contributed by atoms with Crippen LogP contribution in [-0.4, -0.2) is 46.5 Å². The van der Waals surface area contributed by atoms with Gasteiger partial charge in [-0.2, -0.15) is 0 Å². The Morgan fingerprint density at radius 2 is 1.77 bits per heavy atom. The molecule has 9 nitrogen and oxygen atoms in total. The minimum Gasteiger partial charge on any atom is -0.465 e. The summed E-state index contributed by atoms with van der Waals surface area (Å²) in [7, 11) is -2.47. The molecule has 0 fully saturated rings. The lowest BCUT2D eigenvalue weighted by Gasteiger charge is -2.08. The van der Waals surface area contributed by atoms with Gasteiger partial charge in [0.2, 0.25) is 10.0 Å². The zero-order valence-corrected chi connectivity index (χ0v) is 18.8. The Balaban J connectivity index is 2.00. The molecule has 2 rings (SSSR count). The fraction of sp³-hybridized carbons (Fsp3) is 0.250. The van der Waals surface area contributed by atoms with E-state index in [1.807, 2.05) is 0 Å². The maximum Gasteiger partial charge on any atom is 0.341 e. The van der Waals surface area contributed by atoms with E-state index in [2.05, 4.69) is 16.6 Å². The zero-order valence-electron chi connectivity index (χ0n) is 17.2. The summed E-state index contributed by atoms with van der Waals surface area (Å²) in [5.74, 6) is -2.01. The van der Waals surface area contributed by atoms with Crippen LogP contribution in [0.25, 0.3) is 0 Å². The van der Waals surface area contributed by atoms with Gasteiger partial charge in [-0.05, 0) is 43.7 Å². The molecule has 1 aromatic heterocycles. The molecule has 2 aromatic rings. The molecule has 1 aromatic carbocycles. The topological polar surface area (TPSA) is 128 Å². The van der Waals surface area contributed by atoms with Crippen LogP contribution in [-0.2, 0) is 24.3 Å². The van der Waals surface area contributed by atoms with E-state index in [0.717, 1.165) is 4.88 Å². The SMILES string of the molecule is C=CCNS(=O)(=O)c1ccc(C(=O)OCC(=O)Nc2sc(C)c(C)c2C(=O)OC)cc1. The second kappa shape index (κ2) is 10.3. The van der Waals surface area contributed by atoms with E-state index in [1.165, 1.54) is 48.8 Å². The van der Waals surface area contributed by atoms with Gasteiger partial charge < -0.3 is 14.8 Å².